The van der Waals surface area contributed by atoms with Crippen LogP contribution in [0, 0.1) is 0 Å². The van der Waals surface area contributed by atoms with Crippen molar-refractivity contribution in [2.45, 2.75) is 0 Å². The Labute approximate surface area is 344 Å². The van der Waals surface area contributed by atoms with Crippen LogP contribution in [0.1, 0.15) is 0 Å². The van der Waals surface area contributed by atoms with Gasteiger partial charge in [-0.3, -0.25) is 0 Å². The minimum Gasteiger partial charge on any atom is -0.551 e. The van der Waals surface area contributed by atoms with Gasteiger partial charge in [-0.15, -0.1) is 0 Å². The van der Waals surface area contributed by atoms with Gasteiger partial charge in [0.05, 0.1) is 16.7 Å². The highest BCUT2D eigenvalue weighted by molar-refractivity contribution is 7.20. The largest absolute Gasteiger partial charge is 0.551 e. The summed E-state index contributed by atoms with van der Waals surface area (Å²) in [4.78, 5) is 0. The molecule has 0 saturated heterocycles. The molecule has 1 aromatic heterocycles. The Hall–Kier alpha value is -7.34. The molecule has 59 heavy (non-hydrogen) atoms. The Morgan fingerprint density at radius 1 is 0.390 bits per heavy atom. The predicted molar refractivity (Wildman–Crippen MR) is 247 cm³/mol. The topological polar surface area (TPSA) is 23.4 Å². The molecule has 276 valence electrons. The molecule has 0 amide bonds. The third-order valence-corrected chi connectivity index (χ3v) is 17.2. The van der Waals surface area contributed by atoms with E-state index in [9.17, 15) is 0 Å². The molecule has 9 aromatic carbocycles. The molecule has 5 heteroatoms. The van der Waals surface area contributed by atoms with Crippen molar-refractivity contribution in [3.63, 3.8) is 0 Å². The number of para-hydroxylation sites is 4. The first kappa shape index (κ1) is 33.8. The average Bonchev–Trinajstić information content (AvgIpc) is 3.64. The van der Waals surface area contributed by atoms with Gasteiger partial charge in [0.1, 0.15) is 17.2 Å². The number of aromatic nitrogens is 1. The zero-order chi connectivity index (χ0) is 38.9. The summed E-state index contributed by atoms with van der Waals surface area (Å²) in [5.74, 6) is 2.54. The molecule has 0 spiro atoms. The van der Waals surface area contributed by atoms with Crippen LogP contribution in [0.5, 0.6) is 17.2 Å². The van der Waals surface area contributed by atoms with Crippen LogP contribution in [0.25, 0.3) is 49.7 Å². The van der Waals surface area contributed by atoms with Gasteiger partial charge in [-0.05, 0) is 74.3 Å². The predicted octanol–water partition coefficient (Wildman–Crippen LogP) is 9.10. The van der Waals surface area contributed by atoms with E-state index in [2.05, 4.69) is 217 Å². The Bertz CT molecular complexity index is 3090. The highest BCUT2D eigenvalue weighted by Gasteiger charge is 2.45. The van der Waals surface area contributed by atoms with Gasteiger partial charge in [0.15, 0.2) is 8.07 Å². The van der Waals surface area contributed by atoms with E-state index in [1.807, 2.05) is 6.07 Å². The molecule has 3 heterocycles. The lowest BCUT2D eigenvalue weighted by Crippen LogP contribution is -2.74. The second kappa shape index (κ2) is 13.4. The Morgan fingerprint density at radius 2 is 0.949 bits per heavy atom. The standard InChI is InChI=1S/C54H36BNO2Si/c1-4-18-38(19-5-1)59(39-20-6-2-7-21-39,40-22-8-3-9-23-40)41-32-33-45-46-34-37(35-53-54(46)55(58-52(45)36-41)47-27-13-17-31-51(47)57-53)42-24-10-14-28-48(42)56-49-29-15-11-25-43(49)44-26-12-16-30-50(44)56/h1-36H. The van der Waals surface area contributed by atoms with Gasteiger partial charge >= 0.3 is 6.92 Å². The Balaban J connectivity index is 1.11. The number of rotatable bonds is 6. The summed E-state index contributed by atoms with van der Waals surface area (Å²) in [5.41, 5.74) is 10.0. The van der Waals surface area contributed by atoms with E-state index in [1.54, 1.807) is 0 Å². The molecule has 0 N–H and O–H groups in total. The van der Waals surface area contributed by atoms with E-state index in [0.29, 0.717) is 0 Å². The third-order valence-electron chi connectivity index (χ3n) is 12.4. The van der Waals surface area contributed by atoms with Gasteiger partial charge < -0.3 is 14.0 Å². The van der Waals surface area contributed by atoms with E-state index in [1.165, 1.54) is 42.6 Å². The maximum atomic E-state index is 7.27. The molecule has 0 bridgehead atoms. The molecule has 2 aliphatic rings. The maximum absolute atomic E-state index is 7.27. The van der Waals surface area contributed by atoms with Crippen LogP contribution in [-0.4, -0.2) is 19.6 Å². The summed E-state index contributed by atoms with van der Waals surface area (Å²) < 4.78 is 16.5. The van der Waals surface area contributed by atoms with Gasteiger partial charge in [-0.2, -0.15) is 0 Å². The van der Waals surface area contributed by atoms with E-state index in [-0.39, 0.29) is 6.92 Å². The molecule has 0 unspecified atom stereocenters. The smallest absolute Gasteiger partial charge is 0.434 e. The zero-order valence-electron chi connectivity index (χ0n) is 32.1. The van der Waals surface area contributed by atoms with Crippen LogP contribution in [0.3, 0.4) is 0 Å². The van der Waals surface area contributed by atoms with E-state index in [4.69, 9.17) is 9.39 Å². The second-order valence-electron chi connectivity index (χ2n) is 15.5. The van der Waals surface area contributed by atoms with Gasteiger partial charge in [-0.1, -0.05) is 176 Å². The van der Waals surface area contributed by atoms with Crippen LogP contribution in [0.2, 0.25) is 0 Å². The first-order valence-corrected chi connectivity index (χ1v) is 22.3. The normalized spacial score (nSPS) is 12.6. The first-order chi connectivity index (χ1) is 29.3. The van der Waals surface area contributed by atoms with Crippen LogP contribution in [0.4, 0.5) is 0 Å². The summed E-state index contributed by atoms with van der Waals surface area (Å²) in [5, 5.41) is 7.74. The highest BCUT2D eigenvalue weighted by atomic mass is 28.3. The van der Waals surface area contributed by atoms with Crippen molar-refractivity contribution in [2.24, 2.45) is 0 Å². The minimum atomic E-state index is -2.81. The zero-order valence-corrected chi connectivity index (χ0v) is 33.1. The number of benzene rings is 9. The summed E-state index contributed by atoms with van der Waals surface area (Å²) in [7, 11) is -2.81. The molecule has 0 saturated carbocycles. The first-order valence-electron chi connectivity index (χ1n) is 20.3. The van der Waals surface area contributed by atoms with Crippen LogP contribution < -0.4 is 41.1 Å². The monoisotopic (exact) mass is 769 g/mol. The molecule has 2 aliphatic heterocycles. The van der Waals surface area contributed by atoms with Gasteiger partial charge in [0, 0.05) is 32.8 Å². The molecule has 12 rings (SSSR count). The molecule has 0 fully saturated rings. The molecular weight excluding hydrogens is 733 g/mol. The fraction of sp³-hybridized carbons (Fsp3) is 0. The lowest BCUT2D eigenvalue weighted by atomic mass is 9.50. The third kappa shape index (κ3) is 5.08. The van der Waals surface area contributed by atoms with Crippen LogP contribution in [0.15, 0.2) is 218 Å². The Kier molecular flexibility index (Phi) is 7.65. The molecular formula is C54H36BNO2Si. The van der Waals surface area contributed by atoms with Crippen LogP contribution >= 0.6 is 0 Å². The van der Waals surface area contributed by atoms with Crippen molar-refractivity contribution >= 4 is 68.5 Å². The number of hydrogen-bond donors (Lipinski definition) is 0. The quantitative estimate of drug-likeness (QED) is 0.125. The van der Waals surface area contributed by atoms with Gasteiger partial charge in [0.2, 0.25) is 0 Å². The van der Waals surface area contributed by atoms with E-state index in [0.717, 1.165) is 56.1 Å². The fourth-order valence-corrected chi connectivity index (χ4v) is 14.7. The van der Waals surface area contributed by atoms with E-state index < -0.39 is 8.07 Å². The molecule has 0 atom stereocenters. The average molecular weight is 770 g/mol. The van der Waals surface area contributed by atoms with Crippen LogP contribution in [-0.2, 0) is 0 Å². The number of ether oxygens (including phenoxy) is 1. The molecule has 0 radical (unpaired) electrons. The van der Waals surface area contributed by atoms with Gasteiger partial charge in [-0.25, -0.2) is 0 Å². The van der Waals surface area contributed by atoms with Crippen molar-refractivity contribution in [1.82, 2.24) is 4.57 Å². The molecule has 3 nitrogen and oxygen atoms in total. The number of nitrogens with zero attached hydrogens (tertiary/aromatic N) is 1. The summed E-state index contributed by atoms with van der Waals surface area (Å²) in [6.07, 6.45) is 0. The maximum Gasteiger partial charge on any atom is 0.434 e. The van der Waals surface area contributed by atoms with Crippen molar-refractivity contribution in [3.8, 4) is 45.2 Å². The highest BCUT2D eigenvalue weighted by Crippen LogP contribution is 2.43. The molecule has 0 aliphatic carbocycles. The summed E-state index contributed by atoms with van der Waals surface area (Å²) in [6.45, 7) is -0.324. The molecule has 10 aromatic rings. The van der Waals surface area contributed by atoms with Crippen molar-refractivity contribution in [3.05, 3.63) is 218 Å². The van der Waals surface area contributed by atoms with Crippen molar-refractivity contribution < 1.29 is 9.39 Å². The van der Waals surface area contributed by atoms with E-state index >= 15 is 0 Å². The summed E-state index contributed by atoms with van der Waals surface area (Å²) >= 11 is 0. The Morgan fingerprint density at radius 3 is 1.61 bits per heavy atom. The lowest BCUT2D eigenvalue weighted by Gasteiger charge is -2.37. The minimum absolute atomic E-state index is 0.324. The van der Waals surface area contributed by atoms with Gasteiger partial charge in [0.25, 0.3) is 0 Å². The SMILES string of the molecule is c1ccc([Si](c2ccccc2)(c2ccccc2)c2ccc3c(c2)OB2c4ccccc4Oc4cc(-c5ccccc5-n5c6ccccc6c6ccccc65)cc-3c42)cc1. The number of fused-ring (bicyclic) bond motifs is 7. The second-order valence-corrected chi connectivity index (χ2v) is 19.3. The number of hydrogen-bond acceptors (Lipinski definition) is 2. The lowest BCUT2D eigenvalue weighted by molar-refractivity contribution is 0.479. The summed E-state index contributed by atoms with van der Waals surface area (Å²) in [6, 6.07) is 79.3. The van der Waals surface area contributed by atoms with Crippen molar-refractivity contribution in [2.75, 3.05) is 0 Å². The van der Waals surface area contributed by atoms with Crippen molar-refractivity contribution in [1.29, 1.82) is 0 Å². The fourth-order valence-electron chi connectivity index (χ4n) is 9.91.